The van der Waals surface area contributed by atoms with E-state index in [1.165, 1.54) is 45.3 Å². The number of Topliss-reactive ketones (excluding diaryl/α,β-unsaturated/α-hetero) is 1. The molecule has 0 unspecified atom stereocenters. The summed E-state index contributed by atoms with van der Waals surface area (Å²) in [5.41, 5.74) is 14.5. The van der Waals surface area contributed by atoms with Crippen LogP contribution in [0.25, 0.3) is 21.8 Å². The lowest BCUT2D eigenvalue weighted by atomic mass is 9.90. The molecule has 4 aliphatic rings. The van der Waals surface area contributed by atoms with Crippen molar-refractivity contribution in [3.63, 3.8) is 0 Å². The van der Waals surface area contributed by atoms with Crippen LogP contribution in [-0.4, -0.2) is 315 Å². The van der Waals surface area contributed by atoms with E-state index in [4.69, 9.17) is 11.5 Å². The van der Waals surface area contributed by atoms with E-state index in [1.807, 2.05) is 12.2 Å². The van der Waals surface area contributed by atoms with Crippen molar-refractivity contribution in [3.8, 4) is 5.75 Å². The van der Waals surface area contributed by atoms with Gasteiger partial charge in [0.05, 0.1) is 30.9 Å². The maximum Gasteiger partial charge on any atom is 0.305 e. The SMILES string of the molecule is C[C@H]1C(=O)N[C@@H](CC(=O)O)C(=O)N2CCC[C@H]2C(=O)N[C@@H](CN)C(=O)N[C@@H](CCC(=O)O)C(=O)N2C[C@H](O)C[C@H]2C(=O)C[C@@H](Cc2c[nH]c3ccccc23)C(=O)N[C@@H](CO)C(=O)N[C@@H](Cc2c[nH]c3ccccc23)C(=O)N(C)[C@H]2CCCC/C=C\CCCC[C@@H](C(=O)N[C@@H](CCC(=O)O)C(=O)N[C@H](C(N)=O)CSCC(=O)N[C@@H](Cc3ccc(O)cc3)C(=O)N1C)N(C)C2=O. The number of aliphatic hydroxyl groups excluding tert-OH is 2. The number of carbonyl (C=O) groups is 18. The number of aromatic amines is 2. The number of aromatic nitrogens is 2. The summed E-state index contributed by atoms with van der Waals surface area (Å²) in [6.07, 6.45) is 2.47. The number of carboxylic acid groups (broad SMARTS) is 3. The number of fused-ring (bicyclic) bond motifs is 7. The van der Waals surface area contributed by atoms with Gasteiger partial charge in [-0.3, -0.25) is 86.3 Å². The fourth-order valence-corrected chi connectivity index (χ4v) is 17.2. The largest absolute Gasteiger partial charge is 0.508 e. The Morgan fingerprint density at radius 2 is 1.01 bits per heavy atom. The summed E-state index contributed by atoms with van der Waals surface area (Å²) in [7, 11) is 3.79. The van der Waals surface area contributed by atoms with Crippen molar-refractivity contribution in [2.45, 2.75) is 220 Å². The smallest absolute Gasteiger partial charge is 0.305 e. The van der Waals surface area contributed by atoms with Crippen molar-refractivity contribution in [3.05, 3.63) is 114 Å². The van der Waals surface area contributed by atoms with Crippen LogP contribution >= 0.6 is 11.8 Å². The number of carbonyl (C=O) groups excluding carboxylic acids is 15. The van der Waals surface area contributed by atoms with Gasteiger partial charge in [0.25, 0.3) is 0 Å². The van der Waals surface area contributed by atoms with E-state index in [0.717, 1.165) is 43.3 Å². The number of aliphatic carboxylic acids is 3. The van der Waals surface area contributed by atoms with E-state index in [2.05, 4.69) is 52.5 Å². The third kappa shape index (κ3) is 27.4. The molecule has 2 aromatic heterocycles. The summed E-state index contributed by atoms with van der Waals surface area (Å²) in [5.74, 6) is -22.3. The standard InChI is InChI=1S/C87H115N17O24S/c1-47-76(117)95-62(39-74(114)115)86(127)103-33-17-24-67(103)82(123)97-63(40-88)79(120)94-59(30-32-73(112)113)85(126)104-43-53(107)38-69(104)70(108)37-49(35-50-41-90-56-20-15-13-18-54(50)56)77(118)98-64(44-105)80(121)96-61(36-51-42-91-57-21-16-14-19-55(51)57)84(125)102(4)68-23-12-10-8-6-5-7-9-11-22-66(101(3)87(68)128)81(122)93-58(29-31-72(110)111)78(119)99-65(75(89)116)45-129-46-71(109)92-60(83(124)100(47)2)34-48-25-27-52(106)28-26-48/h5-6,13-16,18-21,25-28,41-42,47,49,53,58-69,90-91,105-107H,7-12,17,22-24,29-40,43-46,88H2,1-4H3,(H2,89,116)(H,92,109)(H,93,122)(H,94,120)(H,95,117)(H,96,121)(H,97,123)(H,98,118)(H,99,119)(H,110,111)(H,112,113)(H,114,115)/b6-5-/t47-,49+,53+,58-,59-,60-,61-,62-,63-,64-,65-,66-,67-,68-,69-/m0/s1. The van der Waals surface area contributed by atoms with Gasteiger partial charge in [-0.1, -0.05) is 73.5 Å². The summed E-state index contributed by atoms with van der Waals surface area (Å²) >= 11 is 0.727. The lowest BCUT2D eigenvalue weighted by molar-refractivity contribution is -0.149. The molecule has 15 atom stereocenters. The number of nitrogens with two attached hydrogens (primary N) is 2. The average molecular weight is 1820 g/mol. The molecule has 698 valence electrons. The van der Waals surface area contributed by atoms with E-state index >= 15 is 33.6 Å². The zero-order valence-corrected chi connectivity index (χ0v) is 72.9. The first kappa shape index (κ1) is 99.9. The first-order valence-electron chi connectivity index (χ1n) is 42.9. The predicted octanol–water partition coefficient (Wildman–Crippen LogP) is -1.63. The number of allylic oxidation sites excluding steroid dienone is 2. The molecule has 20 N–H and O–H groups in total. The second kappa shape index (κ2) is 47.3. The minimum atomic E-state index is -1.93. The zero-order valence-electron chi connectivity index (χ0n) is 72.1. The number of aromatic hydroxyl groups is 1. The maximum atomic E-state index is 15.7. The molecule has 4 aliphatic heterocycles. The number of primary amides is 1. The van der Waals surface area contributed by atoms with Crippen molar-refractivity contribution in [2.75, 3.05) is 58.9 Å². The van der Waals surface area contributed by atoms with Gasteiger partial charge in [-0.2, -0.15) is 0 Å². The monoisotopic (exact) mass is 1810 g/mol. The highest BCUT2D eigenvalue weighted by molar-refractivity contribution is 8.00. The van der Waals surface area contributed by atoms with E-state index in [9.17, 15) is 83.4 Å². The highest BCUT2D eigenvalue weighted by Crippen LogP contribution is 2.30. The van der Waals surface area contributed by atoms with Gasteiger partial charge in [0.2, 0.25) is 82.7 Å². The van der Waals surface area contributed by atoms with Crippen molar-refractivity contribution in [2.24, 2.45) is 17.4 Å². The van der Waals surface area contributed by atoms with E-state index in [-0.39, 0.29) is 57.2 Å². The summed E-state index contributed by atoms with van der Waals surface area (Å²) in [6.45, 7) is -1.40. The Morgan fingerprint density at radius 3 is 1.61 bits per heavy atom. The van der Waals surface area contributed by atoms with Crippen molar-refractivity contribution in [1.82, 2.24) is 77.0 Å². The van der Waals surface area contributed by atoms with Crippen molar-refractivity contribution < 1.29 is 117 Å². The maximum absolute atomic E-state index is 15.7. The molecule has 129 heavy (non-hydrogen) atoms. The summed E-state index contributed by atoms with van der Waals surface area (Å²) in [6, 6.07) is -2.08. The number of ketones is 1. The van der Waals surface area contributed by atoms with Crippen LogP contribution < -0.4 is 54.0 Å². The van der Waals surface area contributed by atoms with Crippen LogP contribution in [-0.2, 0) is 106 Å². The Balaban J connectivity index is 1.08. The van der Waals surface area contributed by atoms with Crippen LogP contribution in [0.15, 0.2) is 97.3 Å². The van der Waals surface area contributed by atoms with Gasteiger partial charge in [-0.05, 0) is 119 Å². The number of rotatable bonds is 17. The number of carboxylic acids is 3. The van der Waals surface area contributed by atoms with Crippen LogP contribution in [0.4, 0.5) is 0 Å². The highest BCUT2D eigenvalue weighted by atomic mass is 32.2. The molecule has 3 aromatic carbocycles. The number of thioether (sulfide) groups is 1. The van der Waals surface area contributed by atoms with Crippen LogP contribution in [0.5, 0.6) is 5.75 Å². The number of phenolic OH excluding ortho intramolecular Hbond substituents is 1. The number of nitrogens with one attached hydrogen (secondary N) is 10. The number of hydrogen-bond acceptors (Lipinski definition) is 23. The Bertz CT molecular complexity index is 4960. The summed E-state index contributed by atoms with van der Waals surface area (Å²) in [5, 5.41) is 84.1. The average Bonchev–Trinajstić information content (AvgIpc) is 1.71. The van der Waals surface area contributed by atoms with Crippen LogP contribution in [0.3, 0.4) is 0 Å². The van der Waals surface area contributed by atoms with Gasteiger partial charge >= 0.3 is 17.9 Å². The Morgan fingerprint density at radius 1 is 0.496 bits per heavy atom. The number of H-pyrrole nitrogens is 2. The quantitative estimate of drug-likeness (QED) is 0.0465. The number of likely N-dealkylation sites (N-methyl/N-ethyl adjacent to an activating group) is 3. The highest BCUT2D eigenvalue weighted by Gasteiger charge is 2.47. The predicted molar refractivity (Wildman–Crippen MR) is 465 cm³/mol. The van der Waals surface area contributed by atoms with Crippen LogP contribution in [0, 0.1) is 5.92 Å². The first-order chi connectivity index (χ1) is 61.5. The molecule has 0 spiro atoms. The third-order valence-electron chi connectivity index (χ3n) is 23.7. The Hall–Kier alpha value is -12.8. The fourth-order valence-electron chi connectivity index (χ4n) is 16.4. The third-order valence-corrected chi connectivity index (χ3v) is 24.8. The molecule has 3 fully saturated rings. The number of para-hydroxylation sites is 2. The number of nitrogens with zero attached hydrogens (tertiary/aromatic N) is 5. The molecule has 3 saturated heterocycles. The lowest BCUT2D eigenvalue weighted by Gasteiger charge is -2.36. The number of amides is 14. The molecular formula is C87H115N17O24S. The first-order valence-corrected chi connectivity index (χ1v) is 44.0. The molecule has 0 aliphatic carbocycles. The summed E-state index contributed by atoms with van der Waals surface area (Å²) in [4.78, 5) is 269. The van der Waals surface area contributed by atoms with Crippen molar-refractivity contribution >= 4 is 140 Å². The molecular weight excluding hydrogens is 1700 g/mol. The molecule has 2 bridgehead atoms. The van der Waals surface area contributed by atoms with Gasteiger partial charge in [0.15, 0.2) is 5.78 Å². The molecule has 6 heterocycles. The van der Waals surface area contributed by atoms with E-state index in [1.54, 1.807) is 60.9 Å². The van der Waals surface area contributed by atoms with Gasteiger partial charge in [-0.15, -0.1) is 11.8 Å². The minimum Gasteiger partial charge on any atom is -0.508 e. The second-order valence-electron chi connectivity index (χ2n) is 32.9. The van der Waals surface area contributed by atoms with Crippen LogP contribution in [0.2, 0.25) is 0 Å². The molecule has 14 amide bonds. The van der Waals surface area contributed by atoms with E-state index in [0.29, 0.717) is 77.0 Å². The number of hydrogen-bond donors (Lipinski definition) is 18. The van der Waals surface area contributed by atoms with Gasteiger partial charge < -0.3 is 119 Å². The Kier molecular flexibility index (Phi) is 36.6. The number of aliphatic hydroxyl groups is 2. The second-order valence-corrected chi connectivity index (χ2v) is 33.9. The summed E-state index contributed by atoms with van der Waals surface area (Å²) < 4.78 is 0. The normalized spacial score (nSPS) is 26.6. The molecule has 0 radical (unpaired) electrons. The van der Waals surface area contributed by atoms with Crippen LogP contribution in [0.1, 0.15) is 133 Å². The van der Waals surface area contributed by atoms with Gasteiger partial charge in [0, 0.05) is 125 Å². The molecule has 42 heteroatoms. The molecule has 5 aromatic rings. The fraction of sp³-hybridized carbons (Fsp3) is 0.517. The topological polar surface area (TPSA) is 625 Å². The van der Waals surface area contributed by atoms with Crippen molar-refractivity contribution in [1.29, 1.82) is 0 Å². The minimum absolute atomic E-state index is 0.0344. The van der Waals surface area contributed by atoms with E-state index < -0.39 is 273 Å². The number of benzene rings is 3. The molecule has 9 rings (SSSR count). The lowest BCUT2D eigenvalue weighted by Crippen LogP contribution is -2.61. The molecule has 0 saturated carbocycles. The number of phenols is 1. The van der Waals surface area contributed by atoms with Gasteiger partial charge in [0.1, 0.15) is 78.3 Å². The Labute approximate surface area is 746 Å². The van der Waals surface area contributed by atoms with Gasteiger partial charge in [-0.25, -0.2) is 0 Å². The zero-order chi connectivity index (χ0) is 94.0. The molecule has 41 nitrogen and oxygen atoms in total.